The molecule has 1 N–H and O–H groups in total. The second kappa shape index (κ2) is 8.48. The van der Waals surface area contributed by atoms with E-state index in [0.29, 0.717) is 30.6 Å². The number of oxazole rings is 1. The molecule has 1 amide bonds. The van der Waals surface area contributed by atoms with Gasteiger partial charge in [-0.1, -0.05) is 18.2 Å². The molecule has 0 spiro atoms. The molecule has 1 atom stereocenters. The number of rotatable bonds is 6. The lowest BCUT2D eigenvalue weighted by atomic mass is 10.2. The summed E-state index contributed by atoms with van der Waals surface area (Å²) < 4.78 is 55.7. The number of aromatic nitrogens is 1. The van der Waals surface area contributed by atoms with Crippen LogP contribution in [0.25, 0.3) is 11.1 Å². The minimum Gasteiger partial charge on any atom is -0.431 e. The monoisotopic (exact) mass is 473 g/mol. The van der Waals surface area contributed by atoms with Gasteiger partial charge in [-0.25, -0.2) is 21.8 Å². The van der Waals surface area contributed by atoms with E-state index >= 15 is 0 Å². The van der Waals surface area contributed by atoms with Crippen molar-refractivity contribution < 1.29 is 26.0 Å². The minimum absolute atomic E-state index is 0.0272. The SMILES string of the molecule is O=C(CSc1nc2cc(S(=O)(=O)N3CCCCC3)ccc2o1)N[C@H]1CCS(=O)(=O)C1. The first-order valence-electron chi connectivity index (χ1n) is 9.76. The fourth-order valence-electron chi connectivity index (χ4n) is 3.67. The highest BCUT2D eigenvalue weighted by atomic mass is 32.2. The van der Waals surface area contributed by atoms with Crippen molar-refractivity contribution in [3.05, 3.63) is 18.2 Å². The van der Waals surface area contributed by atoms with Gasteiger partial charge in [0.1, 0.15) is 5.52 Å². The fraction of sp³-hybridized carbons (Fsp3) is 0.556. The van der Waals surface area contributed by atoms with E-state index in [9.17, 15) is 21.6 Å². The minimum atomic E-state index is -3.56. The maximum atomic E-state index is 12.8. The third-order valence-electron chi connectivity index (χ3n) is 5.22. The topological polar surface area (TPSA) is 127 Å². The van der Waals surface area contributed by atoms with Crippen molar-refractivity contribution in [3.8, 4) is 0 Å². The first-order valence-corrected chi connectivity index (χ1v) is 14.0. The summed E-state index contributed by atoms with van der Waals surface area (Å²) in [7, 11) is -6.62. The third-order valence-corrected chi connectivity index (χ3v) is 9.71. The van der Waals surface area contributed by atoms with Gasteiger partial charge < -0.3 is 9.73 Å². The van der Waals surface area contributed by atoms with Crippen molar-refractivity contribution in [3.63, 3.8) is 0 Å². The quantitative estimate of drug-likeness (QED) is 0.624. The molecule has 0 aliphatic carbocycles. The van der Waals surface area contributed by atoms with Gasteiger partial charge in [0, 0.05) is 19.1 Å². The van der Waals surface area contributed by atoms with E-state index in [-0.39, 0.29) is 39.3 Å². The lowest BCUT2D eigenvalue weighted by Gasteiger charge is -2.25. The number of nitrogens with zero attached hydrogens (tertiary/aromatic N) is 2. The van der Waals surface area contributed by atoms with E-state index in [0.717, 1.165) is 31.0 Å². The predicted octanol–water partition coefficient (Wildman–Crippen LogP) is 1.40. The Morgan fingerprint density at radius 1 is 1.27 bits per heavy atom. The van der Waals surface area contributed by atoms with E-state index in [1.807, 2.05) is 0 Å². The summed E-state index contributed by atoms with van der Waals surface area (Å²) in [5.41, 5.74) is 0.857. The fourth-order valence-corrected chi connectivity index (χ4v) is 7.53. The van der Waals surface area contributed by atoms with Gasteiger partial charge in [0.05, 0.1) is 22.2 Å². The molecule has 0 saturated carbocycles. The summed E-state index contributed by atoms with van der Waals surface area (Å²) in [4.78, 5) is 16.6. The van der Waals surface area contributed by atoms with Crippen LogP contribution in [0.3, 0.4) is 0 Å². The van der Waals surface area contributed by atoms with E-state index in [2.05, 4.69) is 10.3 Å². The number of piperidine rings is 1. The van der Waals surface area contributed by atoms with Gasteiger partial charge in [0.2, 0.25) is 15.9 Å². The number of fused-ring (bicyclic) bond motifs is 1. The number of amides is 1. The molecule has 164 valence electrons. The summed E-state index contributed by atoms with van der Waals surface area (Å²) >= 11 is 1.08. The largest absolute Gasteiger partial charge is 0.431 e. The van der Waals surface area contributed by atoms with E-state index in [1.54, 1.807) is 6.07 Å². The average molecular weight is 474 g/mol. The Bertz CT molecular complexity index is 1150. The van der Waals surface area contributed by atoms with Gasteiger partial charge in [-0.15, -0.1) is 0 Å². The highest BCUT2D eigenvalue weighted by molar-refractivity contribution is 7.99. The van der Waals surface area contributed by atoms with Crippen LogP contribution in [0.2, 0.25) is 0 Å². The predicted molar refractivity (Wildman–Crippen MR) is 113 cm³/mol. The van der Waals surface area contributed by atoms with Crippen molar-refractivity contribution in [2.45, 2.75) is 41.8 Å². The van der Waals surface area contributed by atoms with Gasteiger partial charge in [-0.3, -0.25) is 4.79 Å². The first kappa shape index (κ1) is 21.6. The molecule has 12 heteroatoms. The Hall–Kier alpha value is -1.63. The Morgan fingerprint density at radius 3 is 2.73 bits per heavy atom. The van der Waals surface area contributed by atoms with Gasteiger partial charge in [-0.05, 0) is 37.5 Å². The molecule has 2 aliphatic rings. The molecular formula is C18H23N3O6S3. The molecule has 0 unspecified atom stereocenters. The molecule has 30 heavy (non-hydrogen) atoms. The molecule has 1 aromatic heterocycles. The maximum Gasteiger partial charge on any atom is 0.257 e. The molecular weight excluding hydrogens is 450 g/mol. The maximum absolute atomic E-state index is 12.8. The van der Waals surface area contributed by atoms with E-state index < -0.39 is 19.9 Å². The summed E-state index contributed by atoms with van der Waals surface area (Å²) in [5.74, 6) is -0.195. The number of hydrogen-bond donors (Lipinski definition) is 1. The van der Waals surface area contributed by atoms with Crippen molar-refractivity contribution in [2.75, 3.05) is 30.3 Å². The number of benzene rings is 1. The second-order valence-corrected chi connectivity index (χ2v) is 12.6. The molecule has 2 saturated heterocycles. The molecule has 0 radical (unpaired) electrons. The Morgan fingerprint density at radius 2 is 2.03 bits per heavy atom. The summed E-state index contributed by atoms with van der Waals surface area (Å²) in [6.45, 7) is 1.05. The van der Waals surface area contributed by atoms with Crippen LogP contribution >= 0.6 is 11.8 Å². The van der Waals surface area contributed by atoms with Crippen LogP contribution in [0.5, 0.6) is 0 Å². The molecule has 2 aliphatic heterocycles. The average Bonchev–Trinajstić information content (AvgIpc) is 3.28. The van der Waals surface area contributed by atoms with Crippen LogP contribution in [-0.2, 0) is 24.7 Å². The lowest BCUT2D eigenvalue weighted by molar-refractivity contribution is -0.119. The lowest BCUT2D eigenvalue weighted by Crippen LogP contribution is -2.36. The van der Waals surface area contributed by atoms with Gasteiger partial charge in [0.25, 0.3) is 5.22 Å². The smallest absolute Gasteiger partial charge is 0.257 e. The molecule has 1 aromatic carbocycles. The highest BCUT2D eigenvalue weighted by Gasteiger charge is 2.29. The van der Waals surface area contributed by atoms with Crippen molar-refractivity contribution >= 4 is 48.6 Å². The standard InChI is InChI=1S/C18H23N3O6S3/c22-17(19-13-6-9-29(23,24)12-13)11-28-18-20-15-10-14(4-5-16(15)27-18)30(25,26)21-7-2-1-3-8-21/h4-5,10,13H,1-3,6-9,11-12H2,(H,19,22)/t13-/m0/s1. The molecule has 2 fully saturated rings. The normalized spacial score (nSPS) is 22.3. The van der Waals surface area contributed by atoms with Crippen molar-refractivity contribution in [1.82, 2.24) is 14.6 Å². The van der Waals surface area contributed by atoms with Crippen LogP contribution in [0.1, 0.15) is 25.7 Å². The van der Waals surface area contributed by atoms with Gasteiger partial charge in [0.15, 0.2) is 15.4 Å². The molecule has 3 heterocycles. The zero-order chi connectivity index (χ0) is 21.4. The molecule has 0 bridgehead atoms. The summed E-state index contributed by atoms with van der Waals surface area (Å²) in [5, 5.41) is 2.97. The van der Waals surface area contributed by atoms with Crippen LogP contribution in [-0.4, -0.2) is 68.4 Å². The Labute approximate surface area is 179 Å². The van der Waals surface area contributed by atoms with Crippen LogP contribution in [0, 0.1) is 0 Å². The van der Waals surface area contributed by atoms with Crippen LogP contribution in [0.15, 0.2) is 32.7 Å². The third kappa shape index (κ3) is 4.82. The number of nitrogens with one attached hydrogen (secondary N) is 1. The Kier molecular flexibility index (Phi) is 6.11. The number of hydrogen-bond acceptors (Lipinski definition) is 8. The molecule has 4 rings (SSSR count). The zero-order valence-electron chi connectivity index (χ0n) is 16.2. The van der Waals surface area contributed by atoms with Crippen molar-refractivity contribution in [1.29, 1.82) is 0 Å². The number of carbonyl (C=O) groups is 1. The summed E-state index contributed by atoms with van der Waals surface area (Å²) in [6.07, 6.45) is 3.19. The second-order valence-electron chi connectivity index (χ2n) is 7.53. The van der Waals surface area contributed by atoms with Gasteiger partial charge in [-0.2, -0.15) is 4.31 Å². The molecule has 2 aromatic rings. The van der Waals surface area contributed by atoms with E-state index in [4.69, 9.17) is 4.42 Å². The van der Waals surface area contributed by atoms with Crippen LogP contribution in [0.4, 0.5) is 0 Å². The number of carbonyl (C=O) groups excluding carboxylic acids is 1. The van der Waals surface area contributed by atoms with Crippen molar-refractivity contribution in [2.24, 2.45) is 0 Å². The number of thioether (sulfide) groups is 1. The highest BCUT2D eigenvalue weighted by Crippen LogP contribution is 2.27. The Balaban J connectivity index is 1.40. The first-order chi connectivity index (χ1) is 14.2. The zero-order valence-corrected chi connectivity index (χ0v) is 18.7. The molecule has 9 nitrogen and oxygen atoms in total. The summed E-state index contributed by atoms with van der Waals surface area (Å²) in [6, 6.07) is 4.23. The number of sulfonamides is 1. The van der Waals surface area contributed by atoms with Crippen LogP contribution < -0.4 is 5.32 Å². The number of sulfone groups is 1. The van der Waals surface area contributed by atoms with E-state index in [1.165, 1.54) is 16.4 Å². The van der Waals surface area contributed by atoms with Gasteiger partial charge >= 0.3 is 0 Å².